The number of nitrogens with one attached hydrogen (secondary N) is 1. The number of para-hydroxylation sites is 1. The lowest BCUT2D eigenvalue weighted by Crippen LogP contribution is -2.50. The molecule has 1 aromatic heterocycles. The number of carbonyl (C=O) groups excluding carboxylic acids is 2. The van der Waals surface area contributed by atoms with Crippen molar-refractivity contribution in [2.45, 2.75) is 89.6 Å². The van der Waals surface area contributed by atoms with Crippen molar-refractivity contribution in [3.05, 3.63) is 156 Å². The maximum Gasteiger partial charge on any atom is 0.419 e. The van der Waals surface area contributed by atoms with Crippen LogP contribution in [0.25, 0.3) is 10.9 Å². The summed E-state index contributed by atoms with van der Waals surface area (Å²) in [7, 11) is -4.11. The summed E-state index contributed by atoms with van der Waals surface area (Å²) in [6.45, 7) is 3.54. The standard InChI is InChI=1S/C48H54N5O9P/c1-3-4-23-44(54)60-33(2)61-63(58,62-38-20-12-7-13-21-38)32-59-39-22-14-19-36(26-39)30-52-42(28-34-15-8-5-9-16-34)45(55)46(56)43(29-35-17-10-6-11-18-35)53(48(52)57)31-37-24-25-41-40(27-37)47(49)51-50-41/h5-22,24-27,33,42-43,45-46,55-56H,3-4,23,28-32H2,1-2H3,(H3,49,50,51)/t33-,42+,43+,45-,46-,63?/m0/s1. The molecule has 2 amide bonds. The first-order valence-corrected chi connectivity index (χ1v) is 22.9. The number of ether oxygens (including phenoxy) is 2. The second kappa shape index (κ2) is 20.8. The monoisotopic (exact) mass is 875 g/mol. The van der Waals surface area contributed by atoms with Crippen LogP contribution in [0, 0.1) is 0 Å². The molecule has 6 aromatic rings. The van der Waals surface area contributed by atoms with Gasteiger partial charge in [-0.05, 0) is 84.8 Å². The van der Waals surface area contributed by atoms with E-state index in [9.17, 15) is 19.6 Å². The van der Waals surface area contributed by atoms with E-state index in [0.29, 0.717) is 28.9 Å². The largest absolute Gasteiger partial charge is 0.480 e. The maximum atomic E-state index is 15.3. The van der Waals surface area contributed by atoms with Gasteiger partial charge in [0.2, 0.25) is 12.6 Å². The van der Waals surface area contributed by atoms with E-state index in [0.717, 1.165) is 28.6 Å². The summed E-state index contributed by atoms with van der Waals surface area (Å²) in [6, 6.07) is 38.1. The molecule has 1 aliphatic heterocycles. The molecule has 1 aliphatic rings. The molecule has 1 fully saturated rings. The van der Waals surface area contributed by atoms with Crippen molar-refractivity contribution in [3.8, 4) is 11.5 Å². The molecule has 15 heteroatoms. The van der Waals surface area contributed by atoms with Crippen molar-refractivity contribution < 1.29 is 42.9 Å². The number of rotatable bonds is 19. The molecule has 14 nitrogen and oxygen atoms in total. The third-order valence-corrected chi connectivity index (χ3v) is 12.5. The summed E-state index contributed by atoms with van der Waals surface area (Å²) in [5, 5.41) is 32.2. The molecular formula is C48H54N5O9P. The highest BCUT2D eigenvalue weighted by Crippen LogP contribution is 2.49. The Labute approximate surface area is 367 Å². The van der Waals surface area contributed by atoms with Crippen LogP contribution < -0.4 is 15.0 Å². The number of nitrogens with zero attached hydrogens (tertiary/aromatic N) is 3. The fourth-order valence-corrected chi connectivity index (χ4v) is 9.21. The van der Waals surface area contributed by atoms with Crippen LogP contribution in [0.1, 0.15) is 55.4 Å². The average molecular weight is 876 g/mol. The minimum absolute atomic E-state index is 0.0129. The predicted molar refractivity (Wildman–Crippen MR) is 240 cm³/mol. The van der Waals surface area contributed by atoms with Crippen LogP contribution in [0.2, 0.25) is 0 Å². The molecule has 63 heavy (non-hydrogen) atoms. The molecule has 0 bridgehead atoms. The highest BCUT2D eigenvalue weighted by Gasteiger charge is 2.46. The van der Waals surface area contributed by atoms with Gasteiger partial charge in [-0.3, -0.25) is 14.4 Å². The van der Waals surface area contributed by atoms with E-state index in [2.05, 4.69) is 10.2 Å². The number of carbonyl (C=O) groups is 2. The lowest BCUT2D eigenvalue weighted by molar-refractivity contribution is -0.161. The number of aliphatic hydroxyl groups excluding tert-OH is 2. The number of anilines is 1. The molecule has 6 atom stereocenters. The van der Waals surface area contributed by atoms with E-state index in [1.54, 1.807) is 58.3 Å². The molecule has 5 N–H and O–H groups in total. The number of fused-ring (bicyclic) bond motifs is 1. The zero-order chi connectivity index (χ0) is 44.3. The highest BCUT2D eigenvalue weighted by atomic mass is 31.2. The summed E-state index contributed by atoms with van der Waals surface area (Å²) in [5.74, 6) is 0.416. The lowest BCUT2D eigenvalue weighted by Gasteiger charge is -2.36. The zero-order valence-corrected chi connectivity index (χ0v) is 36.3. The van der Waals surface area contributed by atoms with Crippen molar-refractivity contribution in [1.29, 1.82) is 0 Å². The fraction of sp³-hybridized carbons (Fsp3) is 0.312. The van der Waals surface area contributed by atoms with E-state index >= 15 is 4.79 Å². The quantitative estimate of drug-likeness (QED) is 0.0349. The molecule has 1 unspecified atom stereocenters. The number of aromatic nitrogens is 2. The van der Waals surface area contributed by atoms with Crippen LogP contribution in [0.3, 0.4) is 0 Å². The second-order valence-electron chi connectivity index (χ2n) is 15.7. The van der Waals surface area contributed by atoms with Gasteiger partial charge in [-0.25, -0.2) is 9.36 Å². The van der Waals surface area contributed by atoms with Crippen molar-refractivity contribution in [2.75, 3.05) is 12.1 Å². The SMILES string of the molecule is CCCCC(=O)O[C@H](C)OP(=O)(COc1cccc(CN2C(=O)N(Cc3ccc4[nH]nc(N)c4c3)[C@H](Cc3ccccc3)[C@H](O)[C@@H](O)[C@H]2Cc2ccccc2)c1)Oc1ccccc1. The van der Waals surface area contributed by atoms with Crippen molar-refractivity contribution in [3.63, 3.8) is 0 Å². The number of hydrogen-bond donors (Lipinski definition) is 4. The van der Waals surface area contributed by atoms with Gasteiger partial charge in [-0.15, -0.1) is 0 Å². The molecule has 2 heterocycles. The van der Waals surface area contributed by atoms with Crippen molar-refractivity contribution in [1.82, 2.24) is 20.0 Å². The molecular weight excluding hydrogens is 822 g/mol. The number of benzene rings is 5. The molecule has 5 aromatic carbocycles. The minimum atomic E-state index is -4.11. The Kier molecular flexibility index (Phi) is 14.8. The van der Waals surface area contributed by atoms with Crippen LogP contribution >= 0.6 is 7.60 Å². The molecule has 330 valence electrons. The van der Waals surface area contributed by atoms with Crippen molar-refractivity contribution >= 4 is 36.3 Å². The Balaban J connectivity index is 1.19. The van der Waals surface area contributed by atoms with Gasteiger partial charge in [-0.1, -0.05) is 110 Å². The van der Waals surface area contributed by atoms with Gasteiger partial charge in [-0.2, -0.15) is 5.10 Å². The fourth-order valence-electron chi connectivity index (χ4n) is 7.81. The second-order valence-corrected chi connectivity index (χ2v) is 17.6. The number of esters is 1. The number of nitrogen functional groups attached to an aromatic ring is 1. The van der Waals surface area contributed by atoms with E-state index in [-0.39, 0.29) is 38.1 Å². The Hall–Kier alpha value is -6.18. The summed E-state index contributed by atoms with van der Waals surface area (Å²) < 4.78 is 37.4. The van der Waals surface area contributed by atoms with Gasteiger partial charge in [0, 0.05) is 24.9 Å². The molecule has 7 rings (SSSR count). The number of aliphatic hydroxyl groups is 2. The van der Waals surface area contributed by atoms with Crippen molar-refractivity contribution in [2.24, 2.45) is 0 Å². The highest BCUT2D eigenvalue weighted by molar-refractivity contribution is 7.54. The van der Waals surface area contributed by atoms with Crippen LogP contribution in [-0.2, 0) is 44.6 Å². The molecule has 0 aliphatic carbocycles. The number of nitrogens with two attached hydrogens (primary N) is 1. The number of aromatic amines is 1. The molecule has 0 radical (unpaired) electrons. The maximum absolute atomic E-state index is 15.3. The summed E-state index contributed by atoms with van der Waals surface area (Å²) in [5.41, 5.74) is 10.1. The van der Waals surface area contributed by atoms with Crippen LogP contribution in [0.15, 0.2) is 133 Å². The lowest BCUT2D eigenvalue weighted by atomic mass is 9.91. The van der Waals surface area contributed by atoms with Gasteiger partial charge in [0.1, 0.15) is 23.7 Å². The van der Waals surface area contributed by atoms with E-state index in [4.69, 9.17) is 24.3 Å². The van der Waals surface area contributed by atoms with Gasteiger partial charge in [0.05, 0.1) is 17.6 Å². The Bertz CT molecular complexity index is 2470. The predicted octanol–water partition coefficient (Wildman–Crippen LogP) is 8.23. The summed E-state index contributed by atoms with van der Waals surface area (Å²) >= 11 is 0. The number of unbranched alkanes of at least 4 members (excludes halogenated alkanes) is 1. The Morgan fingerprint density at radius 2 is 1.33 bits per heavy atom. The van der Waals surface area contributed by atoms with E-state index in [1.165, 1.54) is 6.92 Å². The Morgan fingerprint density at radius 3 is 1.94 bits per heavy atom. The smallest absolute Gasteiger partial charge is 0.419 e. The van der Waals surface area contributed by atoms with Crippen LogP contribution in [0.5, 0.6) is 11.5 Å². The van der Waals surface area contributed by atoms with Gasteiger partial charge in [0.25, 0.3) is 0 Å². The van der Waals surface area contributed by atoms with E-state index in [1.807, 2.05) is 91.9 Å². The van der Waals surface area contributed by atoms with Gasteiger partial charge >= 0.3 is 19.6 Å². The third-order valence-electron chi connectivity index (χ3n) is 11.0. The molecule has 0 saturated carbocycles. The van der Waals surface area contributed by atoms with Gasteiger partial charge < -0.3 is 39.7 Å². The zero-order valence-electron chi connectivity index (χ0n) is 35.4. The normalized spacial score (nSPS) is 19.3. The first-order valence-electron chi connectivity index (χ1n) is 21.2. The van der Waals surface area contributed by atoms with Crippen LogP contribution in [0.4, 0.5) is 10.6 Å². The average Bonchev–Trinajstić information content (AvgIpc) is 3.64. The third kappa shape index (κ3) is 11.6. The Morgan fingerprint density at radius 1 is 0.778 bits per heavy atom. The number of hydrogen-bond acceptors (Lipinski definition) is 11. The molecule has 0 spiro atoms. The number of H-pyrrole nitrogens is 1. The minimum Gasteiger partial charge on any atom is -0.480 e. The number of amides is 2. The summed E-state index contributed by atoms with van der Waals surface area (Å²) in [4.78, 5) is 30.9. The topological polar surface area (TPSA) is 190 Å². The van der Waals surface area contributed by atoms with Gasteiger partial charge in [0.15, 0.2) is 5.82 Å². The van der Waals surface area contributed by atoms with Crippen LogP contribution in [-0.4, -0.2) is 79.1 Å². The molecule has 1 saturated heterocycles. The summed E-state index contributed by atoms with van der Waals surface area (Å²) in [6.07, 6.45) is -2.24. The van der Waals surface area contributed by atoms with E-state index < -0.39 is 56.5 Å². The first kappa shape index (κ1) is 44.9. The first-order chi connectivity index (χ1) is 30.5. The number of urea groups is 1.